The first kappa shape index (κ1) is 15.2. The monoisotopic (exact) mass is 304 g/mol. The minimum Gasteiger partial charge on any atom is -0.458 e. The zero-order valence-corrected chi connectivity index (χ0v) is 11.4. The van der Waals surface area contributed by atoms with Gasteiger partial charge >= 0.3 is 0 Å². The summed E-state index contributed by atoms with van der Waals surface area (Å²) in [5.41, 5.74) is 3.16. The molecule has 0 saturated heterocycles. The van der Waals surface area contributed by atoms with Crippen LogP contribution < -0.4 is 11.3 Å². The van der Waals surface area contributed by atoms with Crippen LogP contribution in [-0.2, 0) is 4.74 Å². The normalized spacial score (nSPS) is 13.2. The van der Waals surface area contributed by atoms with E-state index in [1.807, 2.05) is 18.2 Å². The molecule has 0 saturated carbocycles. The summed E-state index contributed by atoms with van der Waals surface area (Å²) >= 11 is 6.03. The third-order valence-electron chi connectivity index (χ3n) is 2.85. The number of alkyl halides is 2. The average Bonchev–Trinajstić information content (AvgIpc) is 2.84. The molecule has 0 aliphatic carbocycles. The second-order valence-corrected chi connectivity index (χ2v) is 4.69. The molecule has 0 spiro atoms. The summed E-state index contributed by atoms with van der Waals surface area (Å²) in [6, 6.07) is 6.92. The van der Waals surface area contributed by atoms with Gasteiger partial charge in [-0.3, -0.25) is 5.84 Å². The van der Waals surface area contributed by atoms with Gasteiger partial charge < -0.3 is 9.15 Å². The van der Waals surface area contributed by atoms with E-state index in [2.05, 4.69) is 5.43 Å². The van der Waals surface area contributed by atoms with Crippen LogP contribution in [0.4, 0.5) is 8.78 Å². The Bertz CT molecular complexity index is 562. The Balaban J connectivity index is 2.04. The fourth-order valence-corrected chi connectivity index (χ4v) is 2.12. The molecule has 1 heterocycles. The van der Waals surface area contributed by atoms with E-state index < -0.39 is 13.0 Å². The number of halogens is 3. The van der Waals surface area contributed by atoms with Gasteiger partial charge in [-0.1, -0.05) is 23.7 Å². The SMILES string of the molecule is NNC(CCOCC(F)F)c1cc2cccc(Cl)c2o1. The Morgan fingerprint density at radius 3 is 2.85 bits per heavy atom. The molecule has 0 fully saturated rings. The van der Waals surface area contributed by atoms with E-state index in [1.165, 1.54) is 0 Å². The van der Waals surface area contributed by atoms with Crippen molar-refractivity contribution in [1.29, 1.82) is 0 Å². The van der Waals surface area contributed by atoms with Gasteiger partial charge in [0.25, 0.3) is 6.43 Å². The van der Waals surface area contributed by atoms with Crippen molar-refractivity contribution in [2.24, 2.45) is 5.84 Å². The maximum atomic E-state index is 11.9. The van der Waals surface area contributed by atoms with Crippen LogP contribution in [0.2, 0.25) is 5.02 Å². The fraction of sp³-hybridized carbons (Fsp3) is 0.385. The number of hydrogen-bond donors (Lipinski definition) is 2. The van der Waals surface area contributed by atoms with Gasteiger partial charge in [0.2, 0.25) is 0 Å². The highest BCUT2D eigenvalue weighted by Gasteiger charge is 2.16. The number of benzene rings is 1. The molecule has 3 N–H and O–H groups in total. The summed E-state index contributed by atoms with van der Waals surface area (Å²) in [4.78, 5) is 0. The molecule has 0 aliphatic rings. The predicted molar refractivity (Wildman–Crippen MR) is 72.7 cm³/mol. The van der Waals surface area contributed by atoms with E-state index in [1.54, 1.807) is 6.07 Å². The van der Waals surface area contributed by atoms with Crippen molar-refractivity contribution in [1.82, 2.24) is 5.43 Å². The van der Waals surface area contributed by atoms with Crippen molar-refractivity contribution in [3.63, 3.8) is 0 Å². The van der Waals surface area contributed by atoms with Crippen LogP contribution in [0.1, 0.15) is 18.2 Å². The van der Waals surface area contributed by atoms with Crippen LogP contribution in [0.5, 0.6) is 0 Å². The number of fused-ring (bicyclic) bond motifs is 1. The summed E-state index contributed by atoms with van der Waals surface area (Å²) in [5, 5.41) is 1.37. The van der Waals surface area contributed by atoms with Gasteiger partial charge in [0, 0.05) is 12.0 Å². The molecule has 0 aliphatic heterocycles. The van der Waals surface area contributed by atoms with Gasteiger partial charge in [0.1, 0.15) is 12.4 Å². The van der Waals surface area contributed by atoms with Gasteiger partial charge in [-0.05, 0) is 18.6 Å². The Morgan fingerprint density at radius 2 is 2.20 bits per heavy atom. The molecule has 0 amide bonds. The van der Waals surface area contributed by atoms with E-state index in [0.29, 0.717) is 22.8 Å². The third kappa shape index (κ3) is 3.67. The maximum Gasteiger partial charge on any atom is 0.261 e. The summed E-state index contributed by atoms with van der Waals surface area (Å²) in [6.45, 7) is -0.423. The highest BCUT2D eigenvalue weighted by atomic mass is 35.5. The molecular weight excluding hydrogens is 290 g/mol. The molecule has 1 aromatic heterocycles. The lowest BCUT2D eigenvalue weighted by molar-refractivity contribution is 0.0139. The van der Waals surface area contributed by atoms with Gasteiger partial charge in [-0.15, -0.1) is 0 Å². The highest BCUT2D eigenvalue weighted by Crippen LogP contribution is 2.30. The standard InChI is InChI=1S/C13H15ClF2N2O2/c14-9-3-1-2-8-6-11(20-13(8)9)10(18-17)4-5-19-7-12(15)16/h1-3,6,10,12,18H,4-5,7,17H2. The first-order chi connectivity index (χ1) is 9.61. The first-order valence-corrected chi connectivity index (χ1v) is 6.49. The molecule has 1 unspecified atom stereocenters. The summed E-state index contributed by atoms with van der Waals surface area (Å²) in [5.74, 6) is 6.05. The lowest BCUT2D eigenvalue weighted by Crippen LogP contribution is -2.28. The second kappa shape index (κ2) is 6.99. The molecule has 110 valence electrons. The molecular formula is C13H15ClF2N2O2. The Hall–Kier alpha value is -1.21. The maximum absolute atomic E-state index is 11.9. The number of furan rings is 1. The number of para-hydroxylation sites is 1. The minimum atomic E-state index is -2.47. The van der Waals surface area contributed by atoms with Crippen LogP contribution in [0.3, 0.4) is 0 Å². The fourth-order valence-electron chi connectivity index (χ4n) is 1.90. The van der Waals surface area contributed by atoms with E-state index in [4.69, 9.17) is 26.6 Å². The quantitative estimate of drug-likeness (QED) is 0.468. The molecule has 0 radical (unpaired) electrons. The molecule has 4 nitrogen and oxygen atoms in total. The first-order valence-electron chi connectivity index (χ1n) is 6.11. The highest BCUT2D eigenvalue weighted by molar-refractivity contribution is 6.34. The average molecular weight is 305 g/mol. The second-order valence-electron chi connectivity index (χ2n) is 4.28. The van der Waals surface area contributed by atoms with E-state index in [0.717, 1.165) is 5.39 Å². The summed E-state index contributed by atoms with van der Waals surface area (Å²) in [6.07, 6.45) is -2.05. The Kier molecular flexibility index (Phi) is 5.31. The Labute approximate surface area is 119 Å². The van der Waals surface area contributed by atoms with Crippen molar-refractivity contribution in [2.75, 3.05) is 13.2 Å². The molecule has 2 aromatic rings. The van der Waals surface area contributed by atoms with Crippen molar-refractivity contribution in [3.8, 4) is 0 Å². The van der Waals surface area contributed by atoms with E-state index >= 15 is 0 Å². The number of hydrazine groups is 1. The smallest absolute Gasteiger partial charge is 0.261 e. The lowest BCUT2D eigenvalue weighted by atomic mass is 10.1. The van der Waals surface area contributed by atoms with Crippen LogP contribution in [0.15, 0.2) is 28.7 Å². The number of hydrogen-bond acceptors (Lipinski definition) is 4. The predicted octanol–water partition coefficient (Wildman–Crippen LogP) is 3.26. The van der Waals surface area contributed by atoms with Crippen molar-refractivity contribution < 1.29 is 17.9 Å². The molecule has 2 rings (SSSR count). The van der Waals surface area contributed by atoms with E-state index in [-0.39, 0.29) is 12.6 Å². The van der Waals surface area contributed by atoms with Crippen molar-refractivity contribution in [3.05, 3.63) is 35.0 Å². The number of ether oxygens (including phenoxy) is 1. The van der Waals surface area contributed by atoms with Gasteiger partial charge in [0.05, 0.1) is 11.1 Å². The summed E-state index contributed by atoms with van der Waals surface area (Å²) < 4.78 is 34.4. The number of nitrogens with one attached hydrogen (secondary N) is 1. The van der Waals surface area contributed by atoms with Crippen LogP contribution in [0, 0.1) is 0 Å². The largest absolute Gasteiger partial charge is 0.458 e. The van der Waals surface area contributed by atoms with E-state index in [9.17, 15) is 8.78 Å². The number of nitrogens with two attached hydrogens (primary N) is 1. The van der Waals surface area contributed by atoms with Gasteiger partial charge in [-0.25, -0.2) is 14.2 Å². The van der Waals surface area contributed by atoms with Gasteiger partial charge in [-0.2, -0.15) is 0 Å². The lowest BCUT2D eigenvalue weighted by Gasteiger charge is -2.13. The summed E-state index contributed by atoms with van der Waals surface area (Å²) in [7, 11) is 0. The number of rotatable bonds is 7. The van der Waals surface area contributed by atoms with Crippen LogP contribution >= 0.6 is 11.6 Å². The molecule has 0 bridgehead atoms. The van der Waals surface area contributed by atoms with Crippen LogP contribution in [0.25, 0.3) is 11.0 Å². The molecule has 1 aromatic carbocycles. The topological polar surface area (TPSA) is 60.4 Å². The minimum absolute atomic E-state index is 0.157. The zero-order chi connectivity index (χ0) is 14.5. The molecule has 7 heteroatoms. The van der Waals surface area contributed by atoms with Crippen LogP contribution in [-0.4, -0.2) is 19.6 Å². The van der Waals surface area contributed by atoms with Crippen molar-refractivity contribution >= 4 is 22.6 Å². The molecule has 1 atom stereocenters. The Morgan fingerprint density at radius 1 is 1.40 bits per heavy atom. The zero-order valence-electron chi connectivity index (χ0n) is 10.6. The third-order valence-corrected chi connectivity index (χ3v) is 3.15. The van der Waals surface area contributed by atoms with Gasteiger partial charge in [0.15, 0.2) is 5.58 Å². The molecule has 20 heavy (non-hydrogen) atoms. The van der Waals surface area contributed by atoms with Crippen molar-refractivity contribution in [2.45, 2.75) is 18.9 Å².